The van der Waals surface area contributed by atoms with E-state index in [0.29, 0.717) is 19.5 Å². The summed E-state index contributed by atoms with van der Waals surface area (Å²) in [5.41, 5.74) is -1.03. The molecular weight excluding hydrogens is 335 g/mol. The van der Waals surface area contributed by atoms with Gasteiger partial charge in [-0.3, -0.25) is 0 Å². The van der Waals surface area contributed by atoms with Gasteiger partial charge in [0, 0.05) is 13.1 Å². The van der Waals surface area contributed by atoms with Crippen molar-refractivity contribution in [1.82, 2.24) is 5.32 Å². The van der Waals surface area contributed by atoms with Crippen LogP contribution in [0, 0.1) is 11.3 Å². The van der Waals surface area contributed by atoms with Crippen LogP contribution in [0.5, 0.6) is 0 Å². The number of ether oxygens (including phenoxy) is 1. The van der Waals surface area contributed by atoms with Crippen LogP contribution in [0.4, 0.5) is 23.7 Å². The van der Waals surface area contributed by atoms with Crippen molar-refractivity contribution in [2.75, 3.05) is 18.0 Å². The summed E-state index contributed by atoms with van der Waals surface area (Å²) in [4.78, 5) is 13.5. The molecule has 1 aliphatic heterocycles. The quantitative estimate of drug-likeness (QED) is 0.879. The molecule has 0 radical (unpaired) electrons. The van der Waals surface area contributed by atoms with Gasteiger partial charge in [0.25, 0.3) is 0 Å². The van der Waals surface area contributed by atoms with Gasteiger partial charge in [-0.05, 0) is 45.4 Å². The first kappa shape index (κ1) is 18.9. The van der Waals surface area contributed by atoms with Gasteiger partial charge in [0.2, 0.25) is 0 Å². The van der Waals surface area contributed by atoms with Crippen molar-refractivity contribution in [3.8, 4) is 6.07 Å². The predicted molar refractivity (Wildman–Crippen MR) is 86.1 cm³/mol. The first-order valence-corrected chi connectivity index (χ1v) is 7.85. The molecule has 1 heterocycles. The molecule has 1 amide bonds. The van der Waals surface area contributed by atoms with Crippen molar-refractivity contribution in [3.05, 3.63) is 29.3 Å². The Bertz CT molecular complexity index is 690. The third kappa shape index (κ3) is 5.02. The SMILES string of the molecule is CC(C)(C)OC(=O)N[C@H]1CCN(c2cc(C(F)(F)F)ccc2C#N)C1. The van der Waals surface area contributed by atoms with E-state index >= 15 is 0 Å². The van der Waals surface area contributed by atoms with Gasteiger partial charge < -0.3 is 15.0 Å². The van der Waals surface area contributed by atoms with E-state index in [0.717, 1.165) is 12.1 Å². The number of halogens is 3. The number of amides is 1. The highest BCUT2D eigenvalue weighted by molar-refractivity contribution is 5.69. The highest BCUT2D eigenvalue weighted by Gasteiger charge is 2.33. The van der Waals surface area contributed by atoms with Crippen LogP contribution >= 0.6 is 0 Å². The van der Waals surface area contributed by atoms with Crippen molar-refractivity contribution in [1.29, 1.82) is 5.26 Å². The molecule has 0 spiro atoms. The molecule has 136 valence electrons. The molecule has 0 bridgehead atoms. The average molecular weight is 355 g/mol. The number of hydrogen-bond acceptors (Lipinski definition) is 4. The lowest BCUT2D eigenvalue weighted by Gasteiger charge is -2.23. The first-order valence-electron chi connectivity index (χ1n) is 7.85. The van der Waals surface area contributed by atoms with Crippen molar-refractivity contribution in [2.24, 2.45) is 0 Å². The smallest absolute Gasteiger partial charge is 0.416 e. The molecule has 2 rings (SSSR count). The Morgan fingerprint density at radius 1 is 1.36 bits per heavy atom. The van der Waals surface area contributed by atoms with Gasteiger partial charge in [0.15, 0.2) is 0 Å². The molecule has 0 unspecified atom stereocenters. The van der Waals surface area contributed by atoms with E-state index in [1.807, 2.05) is 6.07 Å². The van der Waals surface area contributed by atoms with Gasteiger partial charge in [-0.2, -0.15) is 18.4 Å². The average Bonchev–Trinajstić information content (AvgIpc) is 2.91. The summed E-state index contributed by atoms with van der Waals surface area (Å²) < 4.78 is 43.9. The maximum Gasteiger partial charge on any atom is 0.416 e. The number of hydrogen-bond donors (Lipinski definition) is 1. The Labute approximate surface area is 144 Å². The molecule has 1 fully saturated rings. The molecule has 1 N–H and O–H groups in total. The number of carbonyl (C=O) groups excluding carboxylic acids is 1. The van der Waals surface area contributed by atoms with E-state index in [1.54, 1.807) is 25.7 Å². The fourth-order valence-corrected chi connectivity index (χ4v) is 2.64. The fourth-order valence-electron chi connectivity index (χ4n) is 2.64. The summed E-state index contributed by atoms with van der Waals surface area (Å²) in [7, 11) is 0. The third-order valence-corrected chi connectivity index (χ3v) is 3.70. The number of rotatable bonds is 2. The second-order valence-electron chi connectivity index (χ2n) is 6.92. The molecule has 5 nitrogen and oxygen atoms in total. The first-order chi connectivity index (χ1) is 11.5. The Morgan fingerprint density at radius 2 is 2.04 bits per heavy atom. The molecular formula is C17H20F3N3O2. The fraction of sp³-hybridized carbons (Fsp3) is 0.529. The van der Waals surface area contributed by atoms with Crippen LogP contribution in [0.3, 0.4) is 0 Å². The Kier molecular flexibility index (Phi) is 5.16. The lowest BCUT2D eigenvalue weighted by molar-refractivity contribution is -0.137. The predicted octanol–water partition coefficient (Wildman–Crippen LogP) is 3.68. The maximum absolute atomic E-state index is 12.9. The number of alkyl halides is 3. The van der Waals surface area contributed by atoms with Crippen LogP contribution in [0.1, 0.15) is 38.3 Å². The number of nitrogens with one attached hydrogen (secondary N) is 1. The Hall–Kier alpha value is -2.43. The highest BCUT2D eigenvalue weighted by atomic mass is 19.4. The van der Waals surface area contributed by atoms with E-state index in [2.05, 4.69) is 5.32 Å². The van der Waals surface area contributed by atoms with Crippen LogP contribution in [0.25, 0.3) is 0 Å². The van der Waals surface area contributed by atoms with Crippen LogP contribution in [0.15, 0.2) is 18.2 Å². The van der Waals surface area contributed by atoms with Crippen LogP contribution in [-0.2, 0) is 10.9 Å². The van der Waals surface area contributed by atoms with Crippen LogP contribution in [-0.4, -0.2) is 30.8 Å². The van der Waals surface area contributed by atoms with E-state index in [9.17, 15) is 18.0 Å². The summed E-state index contributed by atoms with van der Waals surface area (Å²) >= 11 is 0. The molecule has 0 aliphatic carbocycles. The summed E-state index contributed by atoms with van der Waals surface area (Å²) in [6.45, 7) is 5.99. The zero-order chi connectivity index (χ0) is 18.8. The highest BCUT2D eigenvalue weighted by Crippen LogP contribution is 2.34. The molecule has 1 atom stereocenters. The molecule has 0 aromatic heterocycles. The summed E-state index contributed by atoms with van der Waals surface area (Å²) in [5.74, 6) is 0. The molecule has 0 saturated carbocycles. The van der Waals surface area contributed by atoms with Crippen LogP contribution in [0.2, 0.25) is 0 Å². The lowest BCUT2D eigenvalue weighted by atomic mass is 10.1. The maximum atomic E-state index is 12.9. The van der Waals surface area contributed by atoms with E-state index in [1.165, 1.54) is 6.07 Å². The van der Waals surface area contributed by atoms with Crippen molar-refractivity contribution < 1.29 is 22.7 Å². The number of alkyl carbamates (subject to hydrolysis) is 1. The lowest BCUT2D eigenvalue weighted by Crippen LogP contribution is -2.40. The van der Waals surface area contributed by atoms with Gasteiger partial charge in [0.1, 0.15) is 11.7 Å². The minimum Gasteiger partial charge on any atom is -0.444 e. The van der Waals surface area contributed by atoms with Crippen molar-refractivity contribution in [3.63, 3.8) is 0 Å². The van der Waals surface area contributed by atoms with Crippen molar-refractivity contribution in [2.45, 2.75) is 45.0 Å². The van der Waals surface area contributed by atoms with Gasteiger partial charge in [-0.15, -0.1) is 0 Å². The number of benzene rings is 1. The normalized spacial score (nSPS) is 18.0. The second kappa shape index (κ2) is 6.82. The minimum absolute atomic E-state index is 0.172. The van der Waals surface area contributed by atoms with Gasteiger partial charge >= 0.3 is 12.3 Å². The summed E-state index contributed by atoms with van der Waals surface area (Å²) in [6.07, 6.45) is -4.49. The second-order valence-corrected chi connectivity index (χ2v) is 6.92. The van der Waals surface area contributed by atoms with Crippen molar-refractivity contribution >= 4 is 11.8 Å². The number of anilines is 1. The van der Waals surface area contributed by atoms with E-state index in [4.69, 9.17) is 10.00 Å². The van der Waals surface area contributed by atoms with Gasteiger partial charge in [0.05, 0.1) is 22.9 Å². The third-order valence-electron chi connectivity index (χ3n) is 3.70. The Morgan fingerprint density at radius 3 is 2.60 bits per heavy atom. The number of nitrogens with zero attached hydrogens (tertiary/aromatic N) is 2. The molecule has 1 aromatic rings. The zero-order valence-electron chi connectivity index (χ0n) is 14.3. The largest absolute Gasteiger partial charge is 0.444 e. The molecule has 1 aliphatic rings. The summed E-state index contributed by atoms with van der Waals surface area (Å²) in [5, 5.41) is 11.9. The topological polar surface area (TPSA) is 65.4 Å². The monoisotopic (exact) mass is 355 g/mol. The van der Waals surface area contributed by atoms with E-state index < -0.39 is 23.4 Å². The summed E-state index contributed by atoms with van der Waals surface area (Å²) in [6, 6.07) is 4.71. The van der Waals surface area contributed by atoms with E-state index in [-0.39, 0.29) is 17.3 Å². The van der Waals surface area contributed by atoms with Gasteiger partial charge in [-0.25, -0.2) is 4.79 Å². The van der Waals surface area contributed by atoms with Crippen LogP contribution < -0.4 is 10.2 Å². The minimum atomic E-state index is -4.48. The molecule has 1 saturated heterocycles. The molecule has 1 aromatic carbocycles. The van der Waals surface area contributed by atoms with Gasteiger partial charge in [-0.1, -0.05) is 0 Å². The Balaban J connectivity index is 2.11. The standard InChI is InChI=1S/C17H20F3N3O2/c1-16(2,3)25-15(24)22-13-6-7-23(10-13)14-8-12(17(18,19)20)5-4-11(14)9-21/h4-5,8,13H,6-7,10H2,1-3H3,(H,22,24)/t13-/m0/s1. The molecule has 8 heteroatoms. The number of nitriles is 1. The number of carbonyl (C=O) groups is 1. The molecule has 25 heavy (non-hydrogen) atoms. The zero-order valence-corrected chi connectivity index (χ0v) is 14.3.